The maximum atomic E-state index is 12.9. The third kappa shape index (κ3) is 3.03. The Kier molecular flexibility index (Phi) is 3.78. The number of nitrogens with zero attached hydrogens (tertiary/aromatic N) is 2. The van der Waals surface area contributed by atoms with Crippen molar-refractivity contribution in [3.8, 4) is 0 Å². The number of rotatable bonds is 2. The van der Waals surface area contributed by atoms with Gasteiger partial charge in [-0.25, -0.2) is 9.38 Å². The van der Waals surface area contributed by atoms with Crippen molar-refractivity contribution in [2.45, 2.75) is 6.42 Å². The highest BCUT2D eigenvalue weighted by atomic mass is 32.2. The SMILES string of the molecule is O=C1Cc2cc(C3=NNC(=Nc4ccc(F)cc4)SC3)ccc2N1. The minimum Gasteiger partial charge on any atom is -0.326 e. The molecule has 0 saturated heterocycles. The van der Waals surface area contributed by atoms with Gasteiger partial charge in [-0.15, -0.1) is 0 Å². The lowest BCUT2D eigenvalue weighted by atomic mass is 10.1. The highest BCUT2D eigenvalue weighted by Gasteiger charge is 2.20. The number of hydrogen-bond donors (Lipinski definition) is 2. The maximum Gasteiger partial charge on any atom is 0.228 e. The number of halogens is 1. The topological polar surface area (TPSA) is 65.8 Å². The zero-order valence-corrected chi connectivity index (χ0v) is 13.4. The van der Waals surface area contributed by atoms with Crippen LogP contribution in [0, 0.1) is 5.82 Å². The summed E-state index contributed by atoms with van der Waals surface area (Å²) in [5, 5.41) is 7.87. The van der Waals surface area contributed by atoms with Gasteiger partial charge in [0.25, 0.3) is 0 Å². The summed E-state index contributed by atoms with van der Waals surface area (Å²) in [7, 11) is 0. The van der Waals surface area contributed by atoms with E-state index in [0.29, 0.717) is 23.0 Å². The number of amides is 1. The molecule has 2 aromatic rings. The fourth-order valence-corrected chi connectivity index (χ4v) is 3.35. The van der Waals surface area contributed by atoms with Gasteiger partial charge < -0.3 is 5.32 Å². The average molecular weight is 340 g/mol. The summed E-state index contributed by atoms with van der Waals surface area (Å²) in [6, 6.07) is 11.8. The van der Waals surface area contributed by atoms with E-state index in [0.717, 1.165) is 22.5 Å². The molecule has 24 heavy (non-hydrogen) atoms. The van der Waals surface area contributed by atoms with Gasteiger partial charge in [-0.3, -0.25) is 10.2 Å². The Morgan fingerprint density at radius 3 is 2.75 bits per heavy atom. The van der Waals surface area contributed by atoms with Crippen molar-refractivity contribution in [3.05, 3.63) is 59.4 Å². The fraction of sp³-hybridized carbons (Fsp3) is 0.118. The molecule has 0 aliphatic carbocycles. The van der Waals surface area contributed by atoms with Crippen molar-refractivity contribution >= 4 is 39.9 Å². The molecule has 4 rings (SSSR count). The molecular weight excluding hydrogens is 327 g/mol. The number of amidine groups is 1. The number of carbonyl (C=O) groups is 1. The molecule has 0 spiro atoms. The molecule has 5 nitrogen and oxygen atoms in total. The van der Waals surface area contributed by atoms with Crippen LogP contribution in [0.4, 0.5) is 15.8 Å². The van der Waals surface area contributed by atoms with Crippen LogP contribution < -0.4 is 10.7 Å². The van der Waals surface area contributed by atoms with E-state index in [1.165, 1.54) is 23.9 Å². The Hall–Kier alpha value is -2.67. The van der Waals surface area contributed by atoms with Gasteiger partial charge in [-0.2, -0.15) is 5.10 Å². The monoisotopic (exact) mass is 340 g/mol. The molecule has 2 aromatic carbocycles. The van der Waals surface area contributed by atoms with Gasteiger partial charge in [-0.1, -0.05) is 17.8 Å². The Morgan fingerprint density at radius 1 is 1.17 bits per heavy atom. The summed E-state index contributed by atoms with van der Waals surface area (Å²) >= 11 is 1.53. The quantitative estimate of drug-likeness (QED) is 0.883. The summed E-state index contributed by atoms with van der Waals surface area (Å²) in [6.45, 7) is 0. The summed E-state index contributed by atoms with van der Waals surface area (Å²) in [4.78, 5) is 15.8. The van der Waals surface area contributed by atoms with Crippen molar-refractivity contribution < 1.29 is 9.18 Å². The number of benzene rings is 2. The normalized spacial score (nSPS) is 18.0. The predicted molar refractivity (Wildman–Crippen MR) is 94.4 cm³/mol. The molecule has 7 heteroatoms. The number of hydrogen-bond acceptors (Lipinski definition) is 4. The Bertz CT molecular complexity index is 877. The van der Waals surface area contributed by atoms with E-state index in [1.54, 1.807) is 12.1 Å². The van der Waals surface area contributed by atoms with Crippen molar-refractivity contribution in [3.63, 3.8) is 0 Å². The van der Waals surface area contributed by atoms with Crippen molar-refractivity contribution in [1.29, 1.82) is 0 Å². The van der Waals surface area contributed by atoms with Gasteiger partial charge in [0.1, 0.15) is 5.82 Å². The Balaban J connectivity index is 1.52. The molecule has 0 unspecified atom stereocenters. The molecular formula is C17H13FN4OS. The molecule has 2 aliphatic heterocycles. The first-order valence-electron chi connectivity index (χ1n) is 7.40. The predicted octanol–water partition coefficient (Wildman–Crippen LogP) is 3.05. The lowest BCUT2D eigenvalue weighted by molar-refractivity contribution is -0.115. The zero-order chi connectivity index (χ0) is 16.5. The molecule has 0 radical (unpaired) electrons. The van der Waals surface area contributed by atoms with Crippen LogP contribution in [0.15, 0.2) is 52.6 Å². The van der Waals surface area contributed by atoms with E-state index in [9.17, 15) is 9.18 Å². The average Bonchev–Trinajstić information content (AvgIpc) is 2.97. The van der Waals surface area contributed by atoms with Gasteiger partial charge >= 0.3 is 0 Å². The first-order valence-corrected chi connectivity index (χ1v) is 8.39. The summed E-state index contributed by atoms with van der Waals surface area (Å²) in [6.07, 6.45) is 0.411. The van der Waals surface area contributed by atoms with Gasteiger partial charge in [0.05, 0.1) is 17.8 Å². The largest absolute Gasteiger partial charge is 0.326 e. The van der Waals surface area contributed by atoms with Gasteiger partial charge in [0, 0.05) is 11.4 Å². The third-order valence-electron chi connectivity index (χ3n) is 3.75. The third-order valence-corrected chi connectivity index (χ3v) is 4.63. The summed E-state index contributed by atoms with van der Waals surface area (Å²) in [5.74, 6) is 0.412. The molecule has 2 heterocycles. The number of anilines is 1. The highest BCUT2D eigenvalue weighted by Crippen LogP contribution is 2.25. The van der Waals surface area contributed by atoms with E-state index in [4.69, 9.17) is 0 Å². The van der Waals surface area contributed by atoms with E-state index in [-0.39, 0.29) is 11.7 Å². The Morgan fingerprint density at radius 2 is 2.00 bits per heavy atom. The molecule has 0 saturated carbocycles. The van der Waals surface area contributed by atoms with Crippen LogP contribution in [0.25, 0.3) is 0 Å². The van der Waals surface area contributed by atoms with Crippen LogP contribution in [0.1, 0.15) is 11.1 Å². The number of nitrogens with one attached hydrogen (secondary N) is 2. The highest BCUT2D eigenvalue weighted by molar-refractivity contribution is 8.14. The number of carbonyl (C=O) groups excluding carboxylic acids is 1. The standard InChI is InChI=1S/C17H13FN4OS/c18-12-2-4-13(5-3-12)19-17-22-21-15(9-24-17)10-1-6-14-11(7-10)8-16(23)20-14/h1-7H,8-9H2,(H,19,22)(H,20,23). The zero-order valence-electron chi connectivity index (χ0n) is 12.5. The number of thioether (sulfide) groups is 1. The summed E-state index contributed by atoms with van der Waals surface area (Å²) < 4.78 is 12.9. The maximum absolute atomic E-state index is 12.9. The molecule has 0 atom stereocenters. The van der Waals surface area contributed by atoms with E-state index < -0.39 is 0 Å². The summed E-state index contributed by atoms with van der Waals surface area (Å²) in [5.41, 5.74) is 7.37. The lowest BCUT2D eigenvalue weighted by Crippen LogP contribution is -2.25. The van der Waals surface area contributed by atoms with E-state index in [1.807, 2.05) is 18.2 Å². The first-order chi connectivity index (χ1) is 11.7. The first kappa shape index (κ1) is 14.9. The lowest BCUT2D eigenvalue weighted by Gasteiger charge is -2.15. The molecule has 1 amide bonds. The molecule has 120 valence electrons. The number of hydrazone groups is 1. The minimum atomic E-state index is -0.284. The van der Waals surface area contributed by atoms with Crippen LogP contribution in [-0.4, -0.2) is 22.5 Å². The number of fused-ring (bicyclic) bond motifs is 1. The van der Waals surface area contributed by atoms with Gasteiger partial charge in [0.2, 0.25) is 5.91 Å². The number of aliphatic imine (C=N–C) groups is 1. The van der Waals surface area contributed by atoms with Crippen molar-refractivity contribution in [1.82, 2.24) is 5.43 Å². The van der Waals surface area contributed by atoms with Gasteiger partial charge in [0.15, 0.2) is 5.17 Å². The van der Waals surface area contributed by atoms with Gasteiger partial charge in [-0.05, 0) is 47.5 Å². The molecule has 0 bridgehead atoms. The van der Waals surface area contributed by atoms with Crippen LogP contribution in [-0.2, 0) is 11.2 Å². The Labute approximate surface area is 142 Å². The second-order valence-corrected chi connectivity index (χ2v) is 6.41. The van der Waals surface area contributed by atoms with E-state index >= 15 is 0 Å². The second kappa shape index (κ2) is 6.09. The molecule has 2 N–H and O–H groups in total. The van der Waals surface area contributed by atoms with Crippen LogP contribution in [0.2, 0.25) is 0 Å². The minimum absolute atomic E-state index is 0.0222. The molecule has 0 aromatic heterocycles. The second-order valence-electron chi connectivity index (χ2n) is 5.45. The van der Waals surface area contributed by atoms with Crippen LogP contribution in [0.3, 0.4) is 0 Å². The van der Waals surface area contributed by atoms with Crippen molar-refractivity contribution in [2.24, 2.45) is 10.1 Å². The molecule has 0 fully saturated rings. The smallest absolute Gasteiger partial charge is 0.228 e. The fourth-order valence-electron chi connectivity index (χ4n) is 2.56. The molecule has 2 aliphatic rings. The van der Waals surface area contributed by atoms with Crippen LogP contribution in [0.5, 0.6) is 0 Å². The van der Waals surface area contributed by atoms with Crippen molar-refractivity contribution in [2.75, 3.05) is 11.1 Å². The van der Waals surface area contributed by atoms with Crippen LogP contribution >= 0.6 is 11.8 Å². The van der Waals surface area contributed by atoms with E-state index in [2.05, 4.69) is 20.8 Å².